The minimum Gasteiger partial charge on any atom is -0.748 e. The summed E-state index contributed by atoms with van der Waals surface area (Å²) in [6.45, 7) is 35.9. The molecular weight excluding hydrogens is 1430 g/mol. The monoisotopic (exact) mass is 1540 g/mol. The molecule has 0 saturated carbocycles. The Labute approximate surface area is 627 Å². The Morgan fingerprint density at radius 1 is 0.359 bits per heavy atom. The van der Waals surface area contributed by atoms with E-state index in [-0.39, 0.29) is 70.2 Å². The quantitative estimate of drug-likeness (QED) is 0.0115. The van der Waals surface area contributed by atoms with Crippen LogP contribution >= 0.6 is 0 Å². The third-order valence-electron chi connectivity index (χ3n) is 14.3. The lowest BCUT2D eigenvalue weighted by molar-refractivity contribution is 0.121. The summed E-state index contributed by atoms with van der Waals surface area (Å²) in [7, 11) is -16.6. The fourth-order valence-corrected chi connectivity index (χ4v) is 14.9. The van der Waals surface area contributed by atoms with Crippen LogP contribution in [0.1, 0.15) is 119 Å². The number of ether oxygens (including phenoxy) is 2. The highest BCUT2D eigenvalue weighted by molar-refractivity contribution is 8.03. The van der Waals surface area contributed by atoms with E-state index >= 15 is 0 Å². The van der Waals surface area contributed by atoms with Crippen LogP contribution in [0.2, 0.25) is 0 Å². The summed E-state index contributed by atoms with van der Waals surface area (Å²) in [4.78, 5) is 3.90. The van der Waals surface area contributed by atoms with E-state index < -0.39 is 57.7 Å². The summed E-state index contributed by atoms with van der Waals surface area (Å²) in [5.74, 6) is -0.435. The van der Waals surface area contributed by atoms with Gasteiger partial charge in [0, 0.05) is 18.1 Å². The molecule has 6 rings (SSSR count). The Hall–Kier alpha value is -7.35. The second kappa shape index (κ2) is 55.2. The molecule has 103 heavy (non-hydrogen) atoms. The van der Waals surface area contributed by atoms with E-state index in [0.717, 1.165) is 36.0 Å². The van der Waals surface area contributed by atoms with Crippen LogP contribution in [0.5, 0.6) is 5.75 Å². The average Bonchev–Trinajstić information content (AvgIpc) is 0.875. The van der Waals surface area contributed by atoms with Crippen molar-refractivity contribution in [1.29, 1.82) is 0 Å². The highest BCUT2D eigenvalue weighted by atomic mass is 32.2. The fourth-order valence-electron chi connectivity index (χ4n) is 8.10. The van der Waals surface area contributed by atoms with Gasteiger partial charge in [-0.05, 0) is 163 Å². The number of allylic oxidation sites excluding steroid dienone is 12. The van der Waals surface area contributed by atoms with Gasteiger partial charge < -0.3 is 27.3 Å². The van der Waals surface area contributed by atoms with Crippen LogP contribution in [-0.2, 0) is 95.8 Å². The van der Waals surface area contributed by atoms with Crippen molar-refractivity contribution in [3.63, 3.8) is 0 Å². The number of rotatable bonds is 38. The van der Waals surface area contributed by atoms with E-state index in [9.17, 15) is 47.3 Å². The number of hydrogen-bond donors (Lipinski definition) is 0. The molecule has 0 heterocycles. The zero-order valence-corrected chi connectivity index (χ0v) is 65.9. The Morgan fingerprint density at radius 3 is 0.903 bits per heavy atom. The normalized spacial score (nSPS) is 12.6. The van der Waals surface area contributed by atoms with Crippen LogP contribution in [0.25, 0.3) is 0 Å². The highest BCUT2D eigenvalue weighted by Gasteiger charge is 2.17. The second-order valence-corrected chi connectivity index (χ2v) is 33.9. The Morgan fingerprint density at radius 2 is 0.631 bits per heavy atom. The average molecular weight is 1540 g/mol. The van der Waals surface area contributed by atoms with Crippen molar-refractivity contribution in [2.24, 2.45) is 0 Å². The lowest BCUT2D eigenvalue weighted by Crippen LogP contribution is -2.17. The summed E-state index contributed by atoms with van der Waals surface area (Å²) in [6.07, 6.45) is 25.8. The number of hydrogen-bond acceptors (Lipinski definition) is 14. The number of benzene rings is 6. The molecule has 0 N–H and O–H groups in total. The fraction of sp³-hybridized carbons (Fsp3) is 0.268. The molecule has 0 aliphatic heterocycles. The van der Waals surface area contributed by atoms with Crippen molar-refractivity contribution >= 4 is 73.2 Å². The lowest BCUT2D eigenvalue weighted by Gasteiger charge is -2.11. The Bertz CT molecular complexity index is 3770. The van der Waals surface area contributed by atoms with Gasteiger partial charge in [0.2, 0.25) is 0 Å². The van der Waals surface area contributed by atoms with Gasteiger partial charge in [-0.2, -0.15) is 8.42 Å². The molecule has 14 nitrogen and oxygen atoms in total. The summed E-state index contributed by atoms with van der Waals surface area (Å²) >= 11 is 0. The van der Waals surface area contributed by atoms with Gasteiger partial charge in [-0.1, -0.05) is 233 Å². The highest BCUT2D eigenvalue weighted by Crippen LogP contribution is 2.25. The molecule has 0 amide bonds. The molecule has 0 bridgehead atoms. The van der Waals surface area contributed by atoms with E-state index in [1.807, 2.05) is 78.9 Å². The van der Waals surface area contributed by atoms with Gasteiger partial charge in [0.15, 0.2) is 14.7 Å². The van der Waals surface area contributed by atoms with Crippen LogP contribution in [0.15, 0.2) is 323 Å². The van der Waals surface area contributed by atoms with E-state index in [1.165, 1.54) is 25.8 Å². The molecule has 0 saturated heterocycles. The molecule has 21 heteroatoms. The van der Waals surface area contributed by atoms with Crippen molar-refractivity contribution in [3.05, 3.63) is 336 Å². The predicted molar refractivity (Wildman–Crippen MR) is 434 cm³/mol. The van der Waals surface area contributed by atoms with Crippen LogP contribution in [-0.4, -0.2) is 83.6 Å². The van der Waals surface area contributed by atoms with Crippen LogP contribution < -0.4 is 4.18 Å². The maximum absolute atomic E-state index is 11.6. The molecule has 6 aromatic carbocycles. The first-order chi connectivity index (χ1) is 49.1. The zero-order chi connectivity index (χ0) is 76.8. The smallest absolute Gasteiger partial charge is 0.309 e. The molecule has 6 aromatic rings. The van der Waals surface area contributed by atoms with Crippen LogP contribution in [0.3, 0.4) is 0 Å². The van der Waals surface area contributed by atoms with Gasteiger partial charge in [0.1, 0.15) is 38.2 Å². The SMILES string of the molecule is C=C/C=C/[S+](/C=C/C=C)c1ccccc1.C=C/C=C/[S+](/C=C/C=C)c1ccccc1.C=C/C=C/[S+](/C=C/C=C)c1ccccc1.CCC(C)c1ccc(COCCCS(=O)(=O)[O-])cc1.CCC(C)c1ccc(COCCS(=O)(=O)[O-])cc1.CCC(C)c1ccc(OS(=O)(=O)CCCS(=O)(=O)[O-])cc1. The third kappa shape index (κ3) is 47.6. The van der Waals surface area contributed by atoms with Crippen LogP contribution in [0, 0.1) is 0 Å². The first-order valence-electron chi connectivity index (χ1n) is 33.3. The van der Waals surface area contributed by atoms with Gasteiger partial charge in [0.05, 0.1) is 94.4 Å². The minimum absolute atomic E-state index is 0.00877. The van der Waals surface area contributed by atoms with Gasteiger partial charge in [-0.15, -0.1) is 0 Å². The Balaban J connectivity index is 0.000000621. The maximum atomic E-state index is 11.6. The predicted octanol–water partition coefficient (Wildman–Crippen LogP) is 18.9. The van der Waals surface area contributed by atoms with E-state index in [2.05, 4.69) is 211 Å². The summed E-state index contributed by atoms with van der Waals surface area (Å²) in [6, 6.07) is 54.1. The standard InChI is InChI=1S/C14H22O4S.3C14H15S.C13H20O6S2.C13H20O4S/c1-3-12(2)14-7-5-13(6-8-14)11-18-9-4-10-19(15,16)17;3*1-3-5-12-15(13-6-4-2)14-10-8-7-9-11-14;1-3-11(2)12-5-7-13(8-6-12)19-21(17,18)10-4-9-20(14,15)16;1-3-11(2)13-6-4-12(5-7-13)10-17-8-9-18(14,15)16/h5-8,12H,3-4,9-11H2,1-2H3,(H,15,16,17);3*3-13H,1-2H2;5-8,11H,3-4,9-10H2,1-2H3,(H,14,15,16);4-7,11H,3,8-10H2,1-2H3,(H,14,15,16)/q;3*+1;;/p-3/b;3*12-5+,13-6+;;. The molecular formula is C82H104O14S7. The molecule has 0 aliphatic rings. The molecule has 0 spiro atoms. The van der Waals surface area contributed by atoms with Crippen molar-refractivity contribution in [3.8, 4) is 5.75 Å². The zero-order valence-electron chi connectivity index (χ0n) is 60.2. The Kier molecular flexibility index (Phi) is 50.2. The van der Waals surface area contributed by atoms with Gasteiger partial charge in [0.25, 0.3) is 0 Å². The van der Waals surface area contributed by atoms with Gasteiger partial charge >= 0.3 is 10.1 Å². The summed E-state index contributed by atoms with van der Waals surface area (Å²) in [5.41, 5.74) is 5.70. The largest absolute Gasteiger partial charge is 0.748 e. The van der Waals surface area contributed by atoms with Crippen molar-refractivity contribution in [2.45, 2.75) is 119 Å². The topological polar surface area (TPSA) is 233 Å². The van der Waals surface area contributed by atoms with Crippen molar-refractivity contribution in [1.82, 2.24) is 0 Å². The molecule has 3 atom stereocenters. The first-order valence-corrected chi connectivity index (χ1v) is 43.7. The maximum Gasteiger partial charge on any atom is 0.309 e. The lowest BCUT2D eigenvalue weighted by atomic mass is 9.98. The second-order valence-electron chi connectivity index (χ2n) is 22.4. The van der Waals surface area contributed by atoms with Crippen molar-refractivity contribution < 1.29 is 61.0 Å². The third-order valence-corrected chi connectivity index (χ3v) is 22.9. The molecule has 0 fully saturated rings. The molecule has 0 aliphatic carbocycles. The van der Waals surface area contributed by atoms with Crippen molar-refractivity contribution in [2.75, 3.05) is 36.2 Å². The summed E-state index contributed by atoms with van der Waals surface area (Å²) in [5, 5.41) is 12.8. The van der Waals surface area contributed by atoms with Gasteiger partial charge in [-0.25, -0.2) is 25.3 Å². The molecule has 0 radical (unpaired) electrons. The minimum atomic E-state index is -4.41. The van der Waals surface area contributed by atoms with Gasteiger partial charge in [-0.3, -0.25) is 0 Å². The molecule has 558 valence electrons. The first kappa shape index (κ1) is 93.7. The summed E-state index contributed by atoms with van der Waals surface area (Å²) < 4.78 is 132. The van der Waals surface area contributed by atoms with E-state index in [1.54, 1.807) is 60.7 Å². The molecule has 3 unspecified atom stereocenters. The molecule has 0 aromatic heterocycles. The van der Waals surface area contributed by atoms with Crippen LogP contribution in [0.4, 0.5) is 0 Å². The van der Waals surface area contributed by atoms with E-state index in [4.69, 9.17) is 13.7 Å². The van der Waals surface area contributed by atoms with E-state index in [0.29, 0.717) is 31.0 Å².